The van der Waals surface area contributed by atoms with Crippen molar-refractivity contribution in [2.75, 3.05) is 13.7 Å². The maximum Gasteiger partial charge on any atom is 0.308 e. The third-order valence-electron chi connectivity index (χ3n) is 6.63. The van der Waals surface area contributed by atoms with E-state index in [-0.39, 0.29) is 42.4 Å². The van der Waals surface area contributed by atoms with Crippen molar-refractivity contribution in [3.8, 4) is 0 Å². The first-order valence-corrected chi connectivity index (χ1v) is 12.1. The molecule has 1 fully saturated rings. The Morgan fingerprint density at radius 2 is 1.85 bits per heavy atom. The Labute approximate surface area is 205 Å². The Morgan fingerprint density at radius 1 is 1.15 bits per heavy atom. The smallest absolute Gasteiger partial charge is 0.308 e. The summed E-state index contributed by atoms with van der Waals surface area (Å²) in [7, 11) is 1.36. The number of esters is 1. The largest absolute Gasteiger partial charge is 0.469 e. The van der Waals surface area contributed by atoms with Crippen LogP contribution in [0, 0.1) is 11.8 Å². The number of methoxy groups -OCH3 is 1. The van der Waals surface area contributed by atoms with Crippen molar-refractivity contribution >= 4 is 35.1 Å². The van der Waals surface area contributed by atoms with Crippen LogP contribution in [0.3, 0.4) is 0 Å². The quantitative estimate of drug-likeness (QED) is 0.485. The number of aliphatic hydroxyl groups is 1. The van der Waals surface area contributed by atoms with E-state index in [0.717, 1.165) is 11.1 Å². The lowest BCUT2D eigenvalue weighted by molar-refractivity contribution is -0.151. The van der Waals surface area contributed by atoms with Gasteiger partial charge in [0.05, 0.1) is 31.7 Å². The molecule has 1 heterocycles. The number of amides is 1. The fourth-order valence-corrected chi connectivity index (χ4v) is 5.25. The van der Waals surface area contributed by atoms with Crippen molar-refractivity contribution in [3.05, 3.63) is 69.7 Å². The molecule has 0 radical (unpaired) electrons. The fourth-order valence-electron chi connectivity index (χ4n) is 4.93. The molecule has 1 amide bonds. The Bertz CT molecular complexity index is 961. The molecule has 2 unspecified atom stereocenters. The van der Waals surface area contributed by atoms with Crippen molar-refractivity contribution in [2.45, 2.75) is 51.1 Å². The predicted octanol–water partition coefficient (Wildman–Crippen LogP) is 5.64. The lowest BCUT2D eigenvalue weighted by atomic mass is 9.73. The van der Waals surface area contributed by atoms with Gasteiger partial charge in [0, 0.05) is 21.9 Å². The summed E-state index contributed by atoms with van der Waals surface area (Å²) in [6, 6.07) is 14.6. The molecule has 33 heavy (non-hydrogen) atoms. The molecule has 5 atom stereocenters. The second-order valence-electron chi connectivity index (χ2n) is 8.74. The number of piperidine rings is 1. The Kier molecular flexibility index (Phi) is 8.80. The second kappa shape index (κ2) is 11.4. The molecule has 1 N–H and O–H groups in total. The topological polar surface area (TPSA) is 66.8 Å². The minimum atomic E-state index is -0.410. The SMILES string of the molecule is CCC(CO)N1C(=O)[C@H](CC(C)C(=O)OC)C[C@H](c2cccc(Cl)c2)[C@H]1c1ccc(Cl)cc1. The van der Waals surface area contributed by atoms with Crippen LogP contribution in [0.25, 0.3) is 0 Å². The third kappa shape index (κ3) is 5.71. The van der Waals surface area contributed by atoms with Crippen LogP contribution in [0.1, 0.15) is 56.2 Å². The van der Waals surface area contributed by atoms with E-state index in [4.69, 9.17) is 27.9 Å². The number of ether oxygens (including phenoxy) is 1. The van der Waals surface area contributed by atoms with E-state index >= 15 is 0 Å². The predicted molar refractivity (Wildman–Crippen MR) is 130 cm³/mol. The van der Waals surface area contributed by atoms with Gasteiger partial charge in [-0.1, -0.05) is 61.3 Å². The highest BCUT2D eigenvalue weighted by Gasteiger charge is 2.46. The summed E-state index contributed by atoms with van der Waals surface area (Å²) in [5, 5.41) is 11.4. The Morgan fingerprint density at radius 3 is 2.42 bits per heavy atom. The molecule has 1 saturated heterocycles. The molecule has 0 bridgehead atoms. The maximum atomic E-state index is 13.8. The number of benzene rings is 2. The number of carbonyl (C=O) groups is 2. The molecule has 178 valence electrons. The van der Waals surface area contributed by atoms with Crippen molar-refractivity contribution in [1.82, 2.24) is 4.90 Å². The summed E-state index contributed by atoms with van der Waals surface area (Å²) in [5.74, 6) is -1.25. The standard InChI is InChI=1S/C26H31Cl2NO4/c1-4-22(15-30)29-24(17-8-10-20(27)11-9-17)23(18-6-5-7-21(28)13-18)14-19(25(29)31)12-16(2)26(32)33-3/h5-11,13,16,19,22-24,30H,4,12,14-15H2,1-3H3/t16?,19-,22?,23-,24-/m1/s1. The van der Waals surface area contributed by atoms with E-state index in [1.54, 1.807) is 6.92 Å². The summed E-state index contributed by atoms with van der Waals surface area (Å²) in [4.78, 5) is 27.8. The van der Waals surface area contributed by atoms with E-state index in [2.05, 4.69) is 0 Å². The third-order valence-corrected chi connectivity index (χ3v) is 7.12. The molecule has 2 aromatic rings. The van der Waals surface area contributed by atoms with Gasteiger partial charge in [-0.3, -0.25) is 9.59 Å². The zero-order valence-electron chi connectivity index (χ0n) is 19.2. The fraction of sp³-hybridized carbons (Fsp3) is 0.462. The number of likely N-dealkylation sites (tertiary alicyclic amines) is 1. The van der Waals surface area contributed by atoms with Crippen LogP contribution in [0.15, 0.2) is 48.5 Å². The van der Waals surface area contributed by atoms with E-state index in [1.165, 1.54) is 7.11 Å². The minimum absolute atomic E-state index is 0.0510. The molecule has 0 aromatic heterocycles. The number of carbonyl (C=O) groups excluding carboxylic acids is 2. The monoisotopic (exact) mass is 491 g/mol. The maximum absolute atomic E-state index is 13.8. The zero-order chi connectivity index (χ0) is 24.1. The highest BCUT2D eigenvalue weighted by molar-refractivity contribution is 6.30. The highest BCUT2D eigenvalue weighted by atomic mass is 35.5. The number of rotatable bonds is 8. The molecule has 1 aliphatic heterocycles. The molecule has 2 aromatic carbocycles. The Balaban J connectivity index is 2.12. The van der Waals surface area contributed by atoms with Crippen LogP contribution in [-0.2, 0) is 14.3 Å². The van der Waals surface area contributed by atoms with Crippen molar-refractivity contribution in [3.63, 3.8) is 0 Å². The summed E-state index contributed by atoms with van der Waals surface area (Å²) in [5.41, 5.74) is 1.97. The number of aliphatic hydroxyl groups excluding tert-OH is 1. The molecular formula is C26H31Cl2NO4. The summed E-state index contributed by atoms with van der Waals surface area (Å²) in [6.45, 7) is 3.60. The van der Waals surface area contributed by atoms with Gasteiger partial charge in [-0.05, 0) is 54.7 Å². The van der Waals surface area contributed by atoms with E-state index in [9.17, 15) is 14.7 Å². The average Bonchev–Trinajstić information content (AvgIpc) is 2.81. The number of nitrogens with zero attached hydrogens (tertiary/aromatic N) is 1. The number of hydrogen-bond acceptors (Lipinski definition) is 4. The van der Waals surface area contributed by atoms with Gasteiger partial charge in [0.1, 0.15) is 0 Å². The summed E-state index contributed by atoms with van der Waals surface area (Å²) >= 11 is 12.5. The Hall–Kier alpha value is -2.08. The van der Waals surface area contributed by atoms with Crippen LogP contribution in [-0.4, -0.2) is 41.6 Å². The first-order valence-electron chi connectivity index (χ1n) is 11.3. The van der Waals surface area contributed by atoms with Crippen molar-refractivity contribution in [1.29, 1.82) is 0 Å². The first-order chi connectivity index (χ1) is 15.8. The molecule has 0 saturated carbocycles. The van der Waals surface area contributed by atoms with Crippen LogP contribution in [0.4, 0.5) is 0 Å². The van der Waals surface area contributed by atoms with Gasteiger partial charge in [0.15, 0.2) is 0 Å². The van der Waals surface area contributed by atoms with Crippen LogP contribution in [0.2, 0.25) is 10.0 Å². The lowest BCUT2D eigenvalue weighted by Gasteiger charge is -2.48. The van der Waals surface area contributed by atoms with E-state index < -0.39 is 5.92 Å². The average molecular weight is 492 g/mol. The summed E-state index contributed by atoms with van der Waals surface area (Å²) < 4.78 is 4.90. The van der Waals surface area contributed by atoms with Gasteiger partial charge in [0.2, 0.25) is 5.91 Å². The lowest BCUT2D eigenvalue weighted by Crippen LogP contribution is -2.53. The first kappa shape index (κ1) is 25.5. The number of hydrogen-bond donors (Lipinski definition) is 1. The van der Waals surface area contributed by atoms with Gasteiger partial charge in [-0.2, -0.15) is 0 Å². The highest BCUT2D eigenvalue weighted by Crippen LogP contribution is 2.48. The van der Waals surface area contributed by atoms with Gasteiger partial charge < -0.3 is 14.7 Å². The number of halogens is 2. The molecule has 3 rings (SSSR count). The molecule has 1 aliphatic rings. The van der Waals surface area contributed by atoms with Gasteiger partial charge in [-0.15, -0.1) is 0 Å². The van der Waals surface area contributed by atoms with Crippen LogP contribution in [0.5, 0.6) is 0 Å². The van der Waals surface area contributed by atoms with Gasteiger partial charge >= 0.3 is 5.97 Å². The molecule has 5 nitrogen and oxygen atoms in total. The van der Waals surface area contributed by atoms with Crippen LogP contribution >= 0.6 is 23.2 Å². The van der Waals surface area contributed by atoms with E-state index in [0.29, 0.717) is 29.3 Å². The minimum Gasteiger partial charge on any atom is -0.469 e. The zero-order valence-corrected chi connectivity index (χ0v) is 20.7. The summed E-state index contributed by atoms with van der Waals surface area (Å²) in [6.07, 6.45) is 1.55. The molecule has 0 spiro atoms. The van der Waals surface area contributed by atoms with Gasteiger partial charge in [0.25, 0.3) is 0 Å². The second-order valence-corrected chi connectivity index (χ2v) is 9.61. The normalized spacial score (nSPS) is 22.7. The van der Waals surface area contributed by atoms with Crippen molar-refractivity contribution < 1.29 is 19.4 Å². The molecular weight excluding hydrogens is 461 g/mol. The van der Waals surface area contributed by atoms with Crippen LogP contribution < -0.4 is 0 Å². The molecule has 0 aliphatic carbocycles. The van der Waals surface area contributed by atoms with Crippen molar-refractivity contribution in [2.24, 2.45) is 11.8 Å². The van der Waals surface area contributed by atoms with Gasteiger partial charge in [-0.25, -0.2) is 0 Å². The van der Waals surface area contributed by atoms with E-state index in [1.807, 2.05) is 60.4 Å². The molecule has 7 heteroatoms.